The number of amides is 1. The number of benzene rings is 3. The van der Waals surface area contributed by atoms with Crippen LogP contribution in [0, 0.1) is 0 Å². The van der Waals surface area contributed by atoms with Gasteiger partial charge in [0.25, 0.3) is 5.91 Å². The molecule has 11 nitrogen and oxygen atoms in total. The Morgan fingerprint density at radius 3 is 2.29 bits per heavy atom. The summed E-state index contributed by atoms with van der Waals surface area (Å²) in [5.74, 6) is -0.687. The maximum Gasteiger partial charge on any atom is 0.258 e. The topological polar surface area (TPSA) is 185 Å². The highest BCUT2D eigenvalue weighted by Crippen LogP contribution is 2.28. The molecule has 0 aromatic heterocycles. The van der Waals surface area contributed by atoms with Crippen molar-refractivity contribution in [1.29, 1.82) is 0 Å². The summed E-state index contributed by atoms with van der Waals surface area (Å²) < 4.78 is 49.4. The van der Waals surface area contributed by atoms with Crippen molar-refractivity contribution >= 4 is 43.5 Å². The zero-order chi connectivity index (χ0) is 28.1. The van der Waals surface area contributed by atoms with E-state index in [2.05, 4.69) is 10.5 Å². The Balaban J connectivity index is 2.01. The summed E-state index contributed by atoms with van der Waals surface area (Å²) >= 11 is 0. The van der Waals surface area contributed by atoms with Gasteiger partial charge in [-0.25, -0.2) is 26.3 Å². The van der Waals surface area contributed by atoms with Gasteiger partial charge < -0.3 is 16.3 Å². The number of primary sulfonamides is 1. The van der Waals surface area contributed by atoms with Gasteiger partial charge in [0.1, 0.15) is 6.04 Å². The molecule has 0 radical (unpaired) electrons. The fraction of sp³-hybridized carbons (Fsp3) is 0.200. The van der Waals surface area contributed by atoms with Gasteiger partial charge in [-0.15, -0.1) is 0 Å². The fourth-order valence-corrected chi connectivity index (χ4v) is 5.76. The first-order valence-corrected chi connectivity index (χ1v) is 14.8. The highest BCUT2D eigenvalue weighted by atomic mass is 32.2. The molecule has 0 bridgehead atoms. The van der Waals surface area contributed by atoms with E-state index in [0.29, 0.717) is 33.6 Å². The van der Waals surface area contributed by atoms with Crippen molar-refractivity contribution in [3.63, 3.8) is 0 Å². The van der Waals surface area contributed by atoms with Gasteiger partial charge in [-0.3, -0.25) is 4.79 Å². The number of rotatable bonds is 10. The molecule has 0 aliphatic rings. The largest absolute Gasteiger partial charge is 0.411 e. The van der Waals surface area contributed by atoms with Gasteiger partial charge in [-0.1, -0.05) is 47.6 Å². The van der Waals surface area contributed by atoms with Gasteiger partial charge in [0.15, 0.2) is 0 Å². The van der Waals surface area contributed by atoms with E-state index in [0.717, 1.165) is 16.8 Å². The Labute approximate surface area is 221 Å². The molecule has 202 valence electrons. The van der Waals surface area contributed by atoms with Crippen LogP contribution in [0.4, 0.5) is 11.4 Å². The second-order valence-electron chi connectivity index (χ2n) is 8.45. The van der Waals surface area contributed by atoms with Crippen LogP contribution >= 0.6 is 0 Å². The number of nitrogens with zero attached hydrogens (tertiary/aromatic N) is 2. The van der Waals surface area contributed by atoms with Crippen molar-refractivity contribution in [2.24, 2.45) is 10.3 Å². The first kappa shape index (κ1) is 28.6. The predicted molar refractivity (Wildman–Crippen MR) is 147 cm³/mol. The van der Waals surface area contributed by atoms with E-state index in [4.69, 9.17) is 16.1 Å². The van der Waals surface area contributed by atoms with Crippen LogP contribution in [-0.2, 0) is 31.3 Å². The molecule has 6 N–H and O–H groups in total. The van der Waals surface area contributed by atoms with Crippen LogP contribution in [0.25, 0.3) is 11.1 Å². The maximum absolute atomic E-state index is 13.4. The van der Waals surface area contributed by atoms with E-state index < -0.39 is 32.0 Å². The Bertz CT molecular complexity index is 1560. The number of anilines is 2. The van der Waals surface area contributed by atoms with Crippen molar-refractivity contribution in [2.75, 3.05) is 23.9 Å². The monoisotopic (exact) mass is 559 g/mol. The van der Waals surface area contributed by atoms with Crippen LogP contribution < -0.4 is 16.2 Å². The first-order chi connectivity index (χ1) is 17.9. The van der Waals surface area contributed by atoms with Crippen LogP contribution in [0.1, 0.15) is 18.1 Å². The summed E-state index contributed by atoms with van der Waals surface area (Å²) in [6.45, 7) is 1.49. The minimum absolute atomic E-state index is 0.0211. The second-order valence-corrected chi connectivity index (χ2v) is 11.9. The minimum atomic E-state index is -3.96. The number of carbonyl (C=O) groups excluding carboxylic acids is 1. The fourth-order valence-electron chi connectivity index (χ4n) is 4.07. The average Bonchev–Trinajstić information content (AvgIpc) is 2.85. The summed E-state index contributed by atoms with van der Waals surface area (Å²) in [4.78, 5) is 13.4. The predicted octanol–water partition coefficient (Wildman–Crippen LogP) is 2.22. The SMILES string of the molecule is CCN(C(=O)[C@H](Cc1cccc(N)c1C=NO)Nc1ccc(-c2ccccc2S(N)(=O)=O)cc1)S(C)(=O)=O. The number of carbonyl (C=O) groups is 1. The van der Waals surface area contributed by atoms with Gasteiger partial charge in [0.05, 0.1) is 17.4 Å². The summed E-state index contributed by atoms with van der Waals surface area (Å²) in [7, 11) is -7.81. The number of nitrogens with one attached hydrogen (secondary N) is 1. The Kier molecular flexibility index (Phi) is 8.76. The molecule has 13 heteroatoms. The standard InChI is InChI=1S/C25H29N5O6S2/c1-3-30(37(2,33)34)25(31)23(15-18-7-6-9-22(26)21(18)16-28-32)29-19-13-11-17(12-14-19)20-8-4-5-10-24(20)38(27,35)36/h4-14,16,23,29,32H,3,15,26H2,1-2H3,(H2,27,35,36)/t23-/m0/s1. The number of nitrogens with two attached hydrogens (primary N) is 2. The van der Waals surface area contributed by atoms with Gasteiger partial charge >= 0.3 is 0 Å². The van der Waals surface area contributed by atoms with E-state index in [1.807, 2.05) is 0 Å². The normalized spacial score (nSPS) is 12.8. The third-order valence-electron chi connectivity index (χ3n) is 5.80. The van der Waals surface area contributed by atoms with Crippen LogP contribution in [0.5, 0.6) is 0 Å². The molecule has 0 saturated carbocycles. The van der Waals surface area contributed by atoms with Crippen LogP contribution in [0.3, 0.4) is 0 Å². The molecule has 0 spiro atoms. The molecule has 1 amide bonds. The Morgan fingerprint density at radius 1 is 1.05 bits per heavy atom. The number of sulfonamides is 2. The highest BCUT2D eigenvalue weighted by molar-refractivity contribution is 7.89. The molecular formula is C25H29N5O6S2. The number of likely N-dealkylation sites (N-methyl/N-ethyl adjacent to an activating group) is 1. The zero-order valence-corrected chi connectivity index (χ0v) is 22.4. The van der Waals surface area contributed by atoms with E-state index in [9.17, 15) is 21.6 Å². The van der Waals surface area contributed by atoms with E-state index >= 15 is 0 Å². The lowest BCUT2D eigenvalue weighted by Crippen LogP contribution is -2.46. The van der Waals surface area contributed by atoms with Crippen molar-refractivity contribution in [1.82, 2.24) is 4.31 Å². The quantitative estimate of drug-likeness (QED) is 0.126. The maximum atomic E-state index is 13.4. The Hall–Kier alpha value is -3.94. The zero-order valence-electron chi connectivity index (χ0n) is 20.8. The number of oxime groups is 1. The molecule has 3 aromatic carbocycles. The van der Waals surface area contributed by atoms with Crippen LogP contribution in [-0.4, -0.2) is 57.3 Å². The van der Waals surface area contributed by atoms with Gasteiger partial charge in [-0.05, 0) is 42.3 Å². The molecule has 3 rings (SSSR count). The van der Waals surface area contributed by atoms with Crippen molar-refractivity contribution in [3.05, 3.63) is 77.9 Å². The molecule has 38 heavy (non-hydrogen) atoms. The summed E-state index contributed by atoms with van der Waals surface area (Å²) in [6, 6.07) is 16.8. The lowest BCUT2D eigenvalue weighted by Gasteiger charge is -2.26. The highest BCUT2D eigenvalue weighted by Gasteiger charge is 2.30. The number of hydrogen-bond donors (Lipinski definition) is 4. The lowest BCUT2D eigenvalue weighted by molar-refractivity contribution is -0.127. The van der Waals surface area contributed by atoms with Crippen LogP contribution in [0.2, 0.25) is 0 Å². The van der Waals surface area contributed by atoms with Crippen molar-refractivity contribution < 1.29 is 26.8 Å². The first-order valence-electron chi connectivity index (χ1n) is 11.4. The molecular weight excluding hydrogens is 530 g/mol. The minimum Gasteiger partial charge on any atom is -0.411 e. The van der Waals surface area contributed by atoms with E-state index in [1.165, 1.54) is 6.07 Å². The third-order valence-corrected chi connectivity index (χ3v) is 8.01. The molecule has 0 fully saturated rings. The van der Waals surface area contributed by atoms with E-state index in [-0.39, 0.29) is 17.9 Å². The smallest absolute Gasteiger partial charge is 0.258 e. The second kappa shape index (κ2) is 11.6. The molecule has 0 saturated heterocycles. The van der Waals surface area contributed by atoms with Crippen LogP contribution in [0.15, 0.2) is 76.8 Å². The molecule has 3 aromatic rings. The van der Waals surface area contributed by atoms with Crippen molar-refractivity contribution in [3.8, 4) is 11.1 Å². The van der Waals surface area contributed by atoms with Gasteiger partial charge in [-0.2, -0.15) is 0 Å². The molecule has 0 aliphatic carbocycles. The number of hydrogen-bond acceptors (Lipinski definition) is 9. The Morgan fingerprint density at radius 2 is 1.71 bits per heavy atom. The summed E-state index contributed by atoms with van der Waals surface area (Å²) in [5.41, 5.74) is 8.75. The molecule has 0 heterocycles. The molecule has 0 unspecified atom stereocenters. The third kappa shape index (κ3) is 6.68. The van der Waals surface area contributed by atoms with Crippen molar-refractivity contribution in [2.45, 2.75) is 24.3 Å². The molecule has 0 aliphatic heterocycles. The van der Waals surface area contributed by atoms with Gasteiger partial charge in [0.2, 0.25) is 20.0 Å². The lowest BCUT2D eigenvalue weighted by atomic mass is 9.98. The summed E-state index contributed by atoms with van der Waals surface area (Å²) in [6.07, 6.45) is 2.12. The number of nitrogen functional groups attached to an aromatic ring is 1. The van der Waals surface area contributed by atoms with E-state index in [1.54, 1.807) is 67.6 Å². The average molecular weight is 560 g/mol. The molecule has 1 atom stereocenters. The van der Waals surface area contributed by atoms with Gasteiger partial charge in [0, 0.05) is 35.5 Å². The summed E-state index contributed by atoms with van der Waals surface area (Å²) in [5, 5.41) is 20.5.